The molecule has 1 nitrogen and oxygen atoms in total. The van der Waals surface area contributed by atoms with Crippen LogP contribution >= 0.6 is 15.9 Å². The van der Waals surface area contributed by atoms with Crippen LogP contribution in [0.3, 0.4) is 0 Å². The van der Waals surface area contributed by atoms with Gasteiger partial charge in [0.1, 0.15) is 4.60 Å². The summed E-state index contributed by atoms with van der Waals surface area (Å²) in [6.45, 7) is 6.67. The van der Waals surface area contributed by atoms with Gasteiger partial charge in [-0.05, 0) is 45.1 Å². The summed E-state index contributed by atoms with van der Waals surface area (Å²) in [5, 5.41) is 1.20. The monoisotopic (exact) mass is 263 g/mol. The second-order valence-corrected chi connectivity index (χ2v) is 5.60. The molecule has 0 unspecified atom stereocenters. The third-order valence-electron chi connectivity index (χ3n) is 2.52. The van der Waals surface area contributed by atoms with Crippen LogP contribution in [0.5, 0.6) is 0 Å². The van der Waals surface area contributed by atoms with Gasteiger partial charge in [-0.15, -0.1) is 0 Å². The predicted octanol–water partition coefficient (Wildman–Crippen LogP) is 4.29. The maximum atomic E-state index is 4.42. The molecule has 0 atom stereocenters. The van der Waals surface area contributed by atoms with Gasteiger partial charge in [-0.1, -0.05) is 32.9 Å². The molecule has 0 spiro atoms. The van der Waals surface area contributed by atoms with Crippen LogP contribution in [-0.4, -0.2) is 4.98 Å². The largest absolute Gasteiger partial charge is 0.241 e. The van der Waals surface area contributed by atoms with Crippen molar-refractivity contribution in [1.82, 2.24) is 4.98 Å². The number of nitrogens with zero attached hydrogens (tertiary/aromatic N) is 1. The van der Waals surface area contributed by atoms with Gasteiger partial charge in [-0.3, -0.25) is 0 Å². The lowest BCUT2D eigenvalue weighted by atomic mass is 9.86. The van der Waals surface area contributed by atoms with E-state index in [-0.39, 0.29) is 5.41 Å². The Hall–Kier alpha value is -0.890. The number of rotatable bonds is 0. The molecule has 0 saturated carbocycles. The molecule has 1 aromatic heterocycles. The zero-order valence-corrected chi connectivity index (χ0v) is 10.8. The van der Waals surface area contributed by atoms with Gasteiger partial charge >= 0.3 is 0 Å². The molecule has 0 radical (unpaired) electrons. The molecule has 0 aliphatic rings. The lowest BCUT2D eigenvalue weighted by Gasteiger charge is -2.19. The molecule has 0 saturated heterocycles. The molecule has 1 aromatic carbocycles. The Morgan fingerprint density at radius 3 is 2.47 bits per heavy atom. The summed E-state index contributed by atoms with van der Waals surface area (Å²) in [6, 6.07) is 10.5. The number of benzene rings is 1. The summed E-state index contributed by atoms with van der Waals surface area (Å²) < 4.78 is 0.888. The Morgan fingerprint density at radius 1 is 1.07 bits per heavy atom. The van der Waals surface area contributed by atoms with Crippen LogP contribution in [0.2, 0.25) is 0 Å². The van der Waals surface area contributed by atoms with Crippen LogP contribution in [0.1, 0.15) is 26.3 Å². The van der Waals surface area contributed by atoms with Crippen LogP contribution in [0.15, 0.2) is 34.9 Å². The van der Waals surface area contributed by atoms with Gasteiger partial charge in [0.25, 0.3) is 0 Å². The van der Waals surface area contributed by atoms with E-state index in [0.717, 1.165) is 10.1 Å². The Labute approximate surface area is 98.7 Å². The lowest BCUT2D eigenvalue weighted by molar-refractivity contribution is 0.591. The Bertz CT molecular complexity index is 497. The predicted molar refractivity (Wildman–Crippen MR) is 68.1 cm³/mol. The van der Waals surface area contributed by atoms with Gasteiger partial charge < -0.3 is 0 Å². The molecule has 0 fully saturated rings. The van der Waals surface area contributed by atoms with E-state index in [9.17, 15) is 0 Å². The van der Waals surface area contributed by atoms with Gasteiger partial charge in [0.15, 0.2) is 0 Å². The minimum absolute atomic E-state index is 0.196. The topological polar surface area (TPSA) is 12.9 Å². The van der Waals surface area contributed by atoms with E-state index in [2.05, 4.69) is 66.0 Å². The van der Waals surface area contributed by atoms with Crippen molar-refractivity contribution < 1.29 is 0 Å². The van der Waals surface area contributed by atoms with Crippen LogP contribution in [0, 0.1) is 0 Å². The molecule has 2 heteroatoms. The Kier molecular flexibility index (Phi) is 2.55. The molecule has 2 aromatic rings. The standard InChI is InChI=1S/C13H14BrN/c1-13(2,3)10-5-6-11-9(8-10)4-7-12(14)15-11/h4-8H,1-3H3. The first kappa shape index (κ1) is 10.6. The van der Waals surface area contributed by atoms with Crippen molar-refractivity contribution in [2.45, 2.75) is 26.2 Å². The van der Waals surface area contributed by atoms with Crippen LogP contribution in [0.25, 0.3) is 10.9 Å². The summed E-state index contributed by atoms with van der Waals surface area (Å²) in [5.74, 6) is 0. The summed E-state index contributed by atoms with van der Waals surface area (Å²) in [5.41, 5.74) is 2.58. The van der Waals surface area contributed by atoms with Crippen molar-refractivity contribution in [3.8, 4) is 0 Å². The van der Waals surface area contributed by atoms with E-state index in [1.807, 2.05) is 6.07 Å². The van der Waals surface area contributed by atoms with Gasteiger partial charge in [-0.25, -0.2) is 4.98 Å². The normalized spacial score (nSPS) is 12.0. The average Bonchev–Trinajstić information content (AvgIpc) is 2.15. The molecule has 78 valence electrons. The maximum absolute atomic E-state index is 4.42. The molecule has 0 aliphatic heterocycles. The highest BCUT2D eigenvalue weighted by molar-refractivity contribution is 9.10. The molecule has 0 N–H and O–H groups in total. The molecule has 0 aliphatic carbocycles. The first-order valence-corrected chi connectivity index (χ1v) is 5.83. The fraction of sp³-hybridized carbons (Fsp3) is 0.308. The van der Waals surface area contributed by atoms with Crippen molar-refractivity contribution in [3.05, 3.63) is 40.5 Å². The van der Waals surface area contributed by atoms with Crippen molar-refractivity contribution >= 4 is 26.8 Å². The van der Waals surface area contributed by atoms with Crippen molar-refractivity contribution in [2.75, 3.05) is 0 Å². The van der Waals surface area contributed by atoms with E-state index in [0.29, 0.717) is 0 Å². The quantitative estimate of drug-likeness (QED) is 0.646. The molecular formula is C13H14BrN. The lowest BCUT2D eigenvalue weighted by Crippen LogP contribution is -2.10. The van der Waals surface area contributed by atoms with Crippen LogP contribution in [-0.2, 0) is 5.41 Å². The van der Waals surface area contributed by atoms with Crippen molar-refractivity contribution in [1.29, 1.82) is 0 Å². The number of hydrogen-bond acceptors (Lipinski definition) is 1. The molecule has 15 heavy (non-hydrogen) atoms. The molecular weight excluding hydrogens is 250 g/mol. The fourth-order valence-corrected chi connectivity index (χ4v) is 1.89. The second kappa shape index (κ2) is 3.60. The van der Waals surface area contributed by atoms with Gasteiger partial charge in [0.2, 0.25) is 0 Å². The van der Waals surface area contributed by atoms with E-state index in [1.54, 1.807) is 0 Å². The Morgan fingerprint density at radius 2 is 1.80 bits per heavy atom. The zero-order valence-electron chi connectivity index (χ0n) is 9.21. The fourth-order valence-electron chi connectivity index (χ4n) is 1.57. The number of halogens is 1. The SMILES string of the molecule is CC(C)(C)c1ccc2nc(Br)ccc2c1. The summed E-state index contributed by atoms with van der Waals surface area (Å²) >= 11 is 3.38. The maximum Gasteiger partial charge on any atom is 0.106 e. The molecule has 0 amide bonds. The van der Waals surface area contributed by atoms with Gasteiger partial charge in [0, 0.05) is 5.39 Å². The zero-order chi connectivity index (χ0) is 11.1. The van der Waals surface area contributed by atoms with E-state index in [1.165, 1.54) is 10.9 Å². The van der Waals surface area contributed by atoms with Crippen molar-refractivity contribution in [2.24, 2.45) is 0 Å². The number of pyridine rings is 1. The van der Waals surface area contributed by atoms with Gasteiger partial charge in [0.05, 0.1) is 5.52 Å². The van der Waals surface area contributed by atoms with E-state index in [4.69, 9.17) is 0 Å². The first-order chi connectivity index (χ1) is 6.97. The van der Waals surface area contributed by atoms with Crippen LogP contribution in [0.4, 0.5) is 0 Å². The Balaban J connectivity index is 2.62. The smallest absolute Gasteiger partial charge is 0.106 e. The van der Waals surface area contributed by atoms with Crippen molar-refractivity contribution in [3.63, 3.8) is 0 Å². The summed E-state index contributed by atoms with van der Waals surface area (Å²) in [4.78, 5) is 4.42. The summed E-state index contributed by atoms with van der Waals surface area (Å²) in [7, 11) is 0. The number of aromatic nitrogens is 1. The summed E-state index contributed by atoms with van der Waals surface area (Å²) in [6.07, 6.45) is 0. The molecule has 0 bridgehead atoms. The second-order valence-electron chi connectivity index (χ2n) is 4.79. The number of hydrogen-bond donors (Lipinski definition) is 0. The van der Waals surface area contributed by atoms with E-state index < -0.39 is 0 Å². The highest BCUT2D eigenvalue weighted by atomic mass is 79.9. The molecule has 2 rings (SSSR count). The highest BCUT2D eigenvalue weighted by Crippen LogP contribution is 2.26. The third kappa shape index (κ3) is 2.20. The first-order valence-electron chi connectivity index (χ1n) is 5.03. The third-order valence-corrected chi connectivity index (χ3v) is 2.96. The van der Waals surface area contributed by atoms with Gasteiger partial charge in [-0.2, -0.15) is 0 Å². The van der Waals surface area contributed by atoms with E-state index >= 15 is 0 Å². The molecule has 1 heterocycles. The average molecular weight is 264 g/mol. The minimum Gasteiger partial charge on any atom is -0.241 e. The highest BCUT2D eigenvalue weighted by Gasteiger charge is 2.13. The number of fused-ring (bicyclic) bond motifs is 1. The van der Waals surface area contributed by atoms with Crippen LogP contribution < -0.4 is 0 Å². The minimum atomic E-state index is 0.196.